The van der Waals surface area contributed by atoms with Crippen LogP contribution in [0.25, 0.3) is 0 Å². The van der Waals surface area contributed by atoms with Crippen LogP contribution in [0.2, 0.25) is 0 Å². The maximum Gasteiger partial charge on any atom is 0.161 e. The summed E-state index contributed by atoms with van der Waals surface area (Å²) in [5.41, 5.74) is 1.27. The van der Waals surface area contributed by atoms with Gasteiger partial charge in [0.1, 0.15) is 26.2 Å². The minimum Gasteiger partial charge on any atom is -0.493 e. The van der Waals surface area contributed by atoms with Crippen molar-refractivity contribution < 1.29 is 19.7 Å². The molecule has 0 radical (unpaired) electrons. The summed E-state index contributed by atoms with van der Waals surface area (Å²) in [6.07, 6.45) is 0. The van der Waals surface area contributed by atoms with Gasteiger partial charge in [0.15, 0.2) is 11.5 Å². The second-order valence-corrected chi connectivity index (χ2v) is 6.87. The molecule has 0 saturated carbocycles. The summed E-state index contributed by atoms with van der Waals surface area (Å²) in [4.78, 5) is 2.87. The van der Waals surface area contributed by atoms with E-state index in [0.29, 0.717) is 6.61 Å². The zero-order chi connectivity index (χ0) is 17.2. The zero-order valence-electron chi connectivity index (χ0n) is 15.0. The second kappa shape index (κ2) is 10.3. The van der Waals surface area contributed by atoms with Crippen LogP contribution in [0.4, 0.5) is 0 Å². The number of methoxy groups -OCH3 is 1. The van der Waals surface area contributed by atoms with Crippen molar-refractivity contribution in [2.24, 2.45) is 0 Å². The van der Waals surface area contributed by atoms with Crippen molar-refractivity contribution in [3.8, 4) is 11.5 Å². The number of nitrogens with one attached hydrogen (secondary N) is 1. The van der Waals surface area contributed by atoms with E-state index in [0.717, 1.165) is 24.6 Å². The Bertz CT molecular complexity index is 583. The molecule has 0 saturated heterocycles. The van der Waals surface area contributed by atoms with Crippen molar-refractivity contribution in [2.75, 3.05) is 33.3 Å². The predicted octanol–water partition coefficient (Wildman–Crippen LogP) is 1.32. The van der Waals surface area contributed by atoms with E-state index in [2.05, 4.69) is 42.7 Å². The van der Waals surface area contributed by atoms with E-state index in [4.69, 9.17) is 9.47 Å². The largest absolute Gasteiger partial charge is 0.493 e. The topological polar surface area (TPSA) is 39.5 Å². The van der Waals surface area contributed by atoms with Crippen LogP contribution in [0.3, 0.4) is 0 Å². The lowest BCUT2D eigenvalue weighted by molar-refractivity contribution is -0.910. The van der Waals surface area contributed by atoms with Gasteiger partial charge in [-0.05, 0) is 43.5 Å². The lowest BCUT2D eigenvalue weighted by atomic mass is 10.2. The van der Waals surface area contributed by atoms with Crippen LogP contribution in [0.5, 0.6) is 11.5 Å². The van der Waals surface area contributed by atoms with E-state index in [-0.39, 0.29) is 0 Å². The third-order valence-electron chi connectivity index (χ3n) is 4.26. The van der Waals surface area contributed by atoms with Gasteiger partial charge in [-0.1, -0.05) is 6.07 Å². The summed E-state index contributed by atoms with van der Waals surface area (Å²) in [5.74, 6) is 1.62. The summed E-state index contributed by atoms with van der Waals surface area (Å²) in [6.45, 7) is 10.8. The molecule has 0 spiro atoms. The van der Waals surface area contributed by atoms with Gasteiger partial charge in [-0.25, -0.2) is 0 Å². The number of likely N-dealkylation sites (N-methyl/N-ethyl adjacent to an activating group) is 1. The molecule has 24 heavy (non-hydrogen) atoms. The number of benzene rings is 1. The number of hydrogen-bond donors (Lipinski definition) is 2. The smallest absolute Gasteiger partial charge is 0.161 e. The molecule has 0 atom stereocenters. The highest BCUT2D eigenvalue weighted by Crippen LogP contribution is 2.29. The zero-order valence-corrected chi connectivity index (χ0v) is 15.8. The van der Waals surface area contributed by atoms with Crippen LogP contribution in [0.15, 0.2) is 35.7 Å². The molecule has 1 heterocycles. The highest BCUT2D eigenvalue weighted by molar-refractivity contribution is 7.09. The van der Waals surface area contributed by atoms with E-state index in [1.165, 1.54) is 30.1 Å². The van der Waals surface area contributed by atoms with Gasteiger partial charge in [0.2, 0.25) is 0 Å². The fourth-order valence-corrected chi connectivity index (χ4v) is 3.30. The van der Waals surface area contributed by atoms with Gasteiger partial charge in [0.05, 0.1) is 20.2 Å². The molecule has 3 N–H and O–H groups in total. The Kier molecular flexibility index (Phi) is 8.08. The van der Waals surface area contributed by atoms with Crippen LogP contribution in [0, 0.1) is 0 Å². The molecule has 0 fully saturated rings. The Morgan fingerprint density at radius 1 is 1.12 bits per heavy atom. The molecule has 0 bridgehead atoms. The van der Waals surface area contributed by atoms with Crippen molar-refractivity contribution in [3.05, 3.63) is 46.2 Å². The Morgan fingerprint density at radius 2 is 1.96 bits per heavy atom. The van der Waals surface area contributed by atoms with Gasteiger partial charge >= 0.3 is 0 Å². The molecular weight excluding hydrogens is 320 g/mol. The molecule has 0 unspecified atom stereocenters. The molecule has 0 amide bonds. The van der Waals surface area contributed by atoms with Crippen molar-refractivity contribution in [2.45, 2.75) is 27.0 Å². The highest BCUT2D eigenvalue weighted by atomic mass is 32.1. The molecule has 2 aromatic rings. The first-order valence-electron chi connectivity index (χ1n) is 8.74. The van der Waals surface area contributed by atoms with E-state index in [1.54, 1.807) is 23.3 Å². The molecule has 0 aliphatic carbocycles. The molecule has 0 aliphatic rings. The van der Waals surface area contributed by atoms with Crippen molar-refractivity contribution in [3.63, 3.8) is 0 Å². The van der Waals surface area contributed by atoms with E-state index in [1.807, 2.05) is 12.1 Å². The molecule has 1 aromatic heterocycles. The van der Waals surface area contributed by atoms with E-state index >= 15 is 0 Å². The quantitative estimate of drug-likeness (QED) is 0.600. The molecular formula is C19H30N2O2S+2. The van der Waals surface area contributed by atoms with Gasteiger partial charge in [0.25, 0.3) is 0 Å². The summed E-state index contributed by atoms with van der Waals surface area (Å²) in [7, 11) is 1.70. The number of rotatable bonds is 11. The first-order valence-corrected chi connectivity index (χ1v) is 9.62. The Morgan fingerprint density at radius 3 is 2.62 bits per heavy atom. The lowest BCUT2D eigenvalue weighted by Crippen LogP contribution is -3.14. The average molecular weight is 351 g/mol. The second-order valence-electron chi connectivity index (χ2n) is 5.84. The Balaban J connectivity index is 1.84. The van der Waals surface area contributed by atoms with E-state index in [9.17, 15) is 0 Å². The number of thiophene rings is 1. The number of nitrogens with two attached hydrogens (primary N) is 1. The molecule has 0 aliphatic heterocycles. The third-order valence-corrected chi connectivity index (χ3v) is 5.11. The summed E-state index contributed by atoms with van der Waals surface area (Å²) in [6, 6.07) is 10.4. The number of hydrogen-bond acceptors (Lipinski definition) is 3. The normalized spacial score (nSPS) is 11.0. The van der Waals surface area contributed by atoms with Crippen LogP contribution >= 0.6 is 11.3 Å². The standard InChI is InChI=1S/C19H28N2O2S/c1-4-21(5-2)11-10-20-14-16-8-9-18(19(13-16)22-3)23-15-17-7-6-12-24-17/h6-9,12-13,20H,4-5,10-11,14-15H2,1-3H3/p+2. The number of quaternary nitrogens is 2. The third kappa shape index (κ3) is 5.82. The molecule has 5 heteroatoms. The van der Waals surface area contributed by atoms with Gasteiger partial charge in [-0.3, -0.25) is 0 Å². The predicted molar refractivity (Wildman–Crippen MR) is 99.1 cm³/mol. The average Bonchev–Trinajstić information content (AvgIpc) is 3.14. The SMILES string of the molecule is CC[NH+](CC)CC[NH2+]Cc1ccc(OCc2cccs2)c(OC)c1. The van der Waals surface area contributed by atoms with Crippen LogP contribution in [0.1, 0.15) is 24.3 Å². The summed E-state index contributed by atoms with van der Waals surface area (Å²) < 4.78 is 11.4. The van der Waals surface area contributed by atoms with Gasteiger partial charge in [-0.2, -0.15) is 0 Å². The number of ether oxygens (including phenoxy) is 2. The highest BCUT2D eigenvalue weighted by Gasteiger charge is 2.08. The lowest BCUT2D eigenvalue weighted by Gasteiger charge is -2.14. The molecule has 4 nitrogen and oxygen atoms in total. The Labute approximate surface area is 149 Å². The van der Waals surface area contributed by atoms with Crippen LogP contribution < -0.4 is 19.7 Å². The van der Waals surface area contributed by atoms with Crippen molar-refractivity contribution >= 4 is 11.3 Å². The van der Waals surface area contributed by atoms with E-state index < -0.39 is 0 Å². The molecule has 2 rings (SSSR count). The molecule has 1 aromatic carbocycles. The summed E-state index contributed by atoms with van der Waals surface area (Å²) in [5, 5.41) is 4.43. The fourth-order valence-electron chi connectivity index (χ4n) is 2.68. The first-order chi connectivity index (χ1) is 11.8. The monoisotopic (exact) mass is 350 g/mol. The minimum absolute atomic E-state index is 0.589. The fraction of sp³-hybridized carbons (Fsp3) is 0.474. The molecule has 132 valence electrons. The maximum atomic E-state index is 5.89. The van der Waals surface area contributed by atoms with Gasteiger partial charge < -0.3 is 19.7 Å². The van der Waals surface area contributed by atoms with Crippen LogP contribution in [-0.4, -0.2) is 33.3 Å². The van der Waals surface area contributed by atoms with Gasteiger partial charge in [0, 0.05) is 10.4 Å². The van der Waals surface area contributed by atoms with Crippen molar-refractivity contribution in [1.29, 1.82) is 0 Å². The summed E-state index contributed by atoms with van der Waals surface area (Å²) >= 11 is 1.71. The maximum absolute atomic E-state index is 5.89. The Hall–Kier alpha value is -1.56. The minimum atomic E-state index is 0.589. The first kappa shape index (κ1) is 18.8. The van der Waals surface area contributed by atoms with Crippen molar-refractivity contribution in [1.82, 2.24) is 0 Å². The van der Waals surface area contributed by atoms with Gasteiger partial charge in [-0.15, -0.1) is 11.3 Å². The van der Waals surface area contributed by atoms with Crippen LogP contribution in [-0.2, 0) is 13.2 Å².